The summed E-state index contributed by atoms with van der Waals surface area (Å²) >= 11 is 0. The molecule has 0 aliphatic rings. The topological polar surface area (TPSA) is 128 Å². The number of carboxylic acids is 2. The molecule has 7 nitrogen and oxygen atoms in total. The summed E-state index contributed by atoms with van der Waals surface area (Å²) in [5.41, 5.74) is -1.09. The number of carbonyl (C=O) groups is 2. The van der Waals surface area contributed by atoms with Crippen molar-refractivity contribution in [3.63, 3.8) is 0 Å². The standard InChI is InChI=1S/C13H9NO6/c15-9-5-8(14-10(11(9)16)13(19)20)6-2-1-3-7(4-6)12(17)18/h1-5,16H,(H,14,15)(H,17,18)(H,19,20). The summed E-state index contributed by atoms with van der Waals surface area (Å²) in [4.78, 5) is 35.7. The lowest BCUT2D eigenvalue weighted by molar-refractivity contribution is 0.0679. The molecular formula is C13H9NO6. The van der Waals surface area contributed by atoms with Gasteiger partial charge in [0.05, 0.1) is 11.3 Å². The highest BCUT2D eigenvalue weighted by Crippen LogP contribution is 2.20. The number of pyridine rings is 1. The first-order valence-electron chi connectivity index (χ1n) is 5.43. The largest absolute Gasteiger partial charge is 0.502 e. The number of nitrogens with one attached hydrogen (secondary N) is 1. The second-order valence-corrected chi connectivity index (χ2v) is 3.96. The first-order valence-corrected chi connectivity index (χ1v) is 5.43. The van der Waals surface area contributed by atoms with E-state index in [2.05, 4.69) is 4.98 Å². The van der Waals surface area contributed by atoms with Gasteiger partial charge in [-0.3, -0.25) is 4.79 Å². The van der Waals surface area contributed by atoms with Crippen molar-refractivity contribution in [2.45, 2.75) is 0 Å². The van der Waals surface area contributed by atoms with Crippen molar-refractivity contribution in [2.24, 2.45) is 0 Å². The van der Waals surface area contributed by atoms with Gasteiger partial charge in [0.1, 0.15) is 0 Å². The molecule has 0 unspecified atom stereocenters. The quantitative estimate of drug-likeness (QED) is 0.665. The molecule has 0 radical (unpaired) electrons. The van der Waals surface area contributed by atoms with Crippen LogP contribution in [0.3, 0.4) is 0 Å². The van der Waals surface area contributed by atoms with Gasteiger partial charge < -0.3 is 20.3 Å². The molecule has 0 amide bonds. The molecule has 0 bridgehead atoms. The smallest absolute Gasteiger partial charge is 0.356 e. The maximum absolute atomic E-state index is 11.5. The number of hydrogen-bond acceptors (Lipinski definition) is 4. The summed E-state index contributed by atoms with van der Waals surface area (Å²) in [5, 5.41) is 27.1. The Morgan fingerprint density at radius 1 is 1.05 bits per heavy atom. The fraction of sp³-hybridized carbons (Fsp3) is 0. The molecular weight excluding hydrogens is 266 g/mol. The SMILES string of the molecule is O=C(O)c1cccc(-c2cc(=O)c(O)c(C(=O)O)[nH]2)c1. The maximum Gasteiger partial charge on any atom is 0.356 e. The van der Waals surface area contributed by atoms with E-state index < -0.39 is 28.8 Å². The zero-order valence-electron chi connectivity index (χ0n) is 9.95. The molecule has 102 valence electrons. The summed E-state index contributed by atoms with van der Waals surface area (Å²) in [5.74, 6) is -3.53. The van der Waals surface area contributed by atoms with Crippen molar-refractivity contribution in [2.75, 3.05) is 0 Å². The van der Waals surface area contributed by atoms with Crippen LogP contribution in [0.1, 0.15) is 20.8 Å². The lowest BCUT2D eigenvalue weighted by atomic mass is 10.1. The zero-order valence-corrected chi connectivity index (χ0v) is 9.95. The lowest BCUT2D eigenvalue weighted by Gasteiger charge is -2.06. The molecule has 2 aromatic rings. The summed E-state index contributed by atoms with van der Waals surface area (Å²) in [6.07, 6.45) is 0. The van der Waals surface area contributed by atoms with Gasteiger partial charge in [0.25, 0.3) is 0 Å². The fourth-order valence-electron chi connectivity index (χ4n) is 1.68. The van der Waals surface area contributed by atoms with E-state index in [1.807, 2.05) is 0 Å². The van der Waals surface area contributed by atoms with E-state index in [0.29, 0.717) is 5.56 Å². The van der Waals surface area contributed by atoms with E-state index in [4.69, 9.17) is 10.2 Å². The van der Waals surface area contributed by atoms with Crippen LogP contribution in [0.4, 0.5) is 0 Å². The molecule has 1 aromatic heterocycles. The van der Waals surface area contributed by atoms with Crippen LogP contribution in [0, 0.1) is 0 Å². The minimum Gasteiger partial charge on any atom is -0.502 e. The van der Waals surface area contributed by atoms with Crippen LogP contribution in [0.25, 0.3) is 11.3 Å². The molecule has 0 aliphatic heterocycles. The van der Waals surface area contributed by atoms with Crippen molar-refractivity contribution < 1.29 is 24.9 Å². The van der Waals surface area contributed by atoms with E-state index in [1.54, 1.807) is 0 Å². The summed E-state index contributed by atoms with van der Waals surface area (Å²) in [7, 11) is 0. The van der Waals surface area contributed by atoms with E-state index in [1.165, 1.54) is 24.3 Å². The lowest BCUT2D eigenvalue weighted by Crippen LogP contribution is -2.11. The molecule has 1 heterocycles. The number of hydrogen-bond donors (Lipinski definition) is 4. The Morgan fingerprint density at radius 3 is 2.35 bits per heavy atom. The van der Waals surface area contributed by atoms with Crippen LogP contribution >= 0.6 is 0 Å². The Balaban J connectivity index is 2.64. The third kappa shape index (κ3) is 2.37. The molecule has 1 aromatic carbocycles. The number of rotatable bonds is 3. The predicted molar refractivity (Wildman–Crippen MR) is 68.1 cm³/mol. The Hall–Kier alpha value is -3.09. The van der Waals surface area contributed by atoms with Crippen molar-refractivity contribution in [1.82, 2.24) is 4.98 Å². The zero-order chi connectivity index (χ0) is 14.9. The third-order valence-corrected chi connectivity index (χ3v) is 2.64. The Bertz CT molecular complexity index is 762. The number of aromatic nitrogens is 1. The monoisotopic (exact) mass is 275 g/mol. The van der Waals surface area contributed by atoms with Crippen LogP contribution in [0.5, 0.6) is 5.75 Å². The van der Waals surface area contributed by atoms with Crippen molar-refractivity contribution in [3.05, 3.63) is 51.8 Å². The molecule has 0 atom stereocenters. The second-order valence-electron chi connectivity index (χ2n) is 3.96. The Kier molecular flexibility index (Phi) is 3.26. The number of aromatic carboxylic acids is 2. The van der Waals surface area contributed by atoms with Crippen LogP contribution < -0.4 is 5.43 Å². The van der Waals surface area contributed by atoms with Crippen LogP contribution in [0.15, 0.2) is 35.1 Å². The van der Waals surface area contributed by atoms with Gasteiger partial charge in [0.2, 0.25) is 5.43 Å². The third-order valence-electron chi connectivity index (χ3n) is 2.64. The number of H-pyrrole nitrogens is 1. The Labute approximate surface area is 111 Å². The molecule has 0 aliphatic carbocycles. The first kappa shape index (κ1) is 13.3. The number of carboxylic acid groups (broad SMARTS) is 2. The molecule has 2 rings (SSSR count). The van der Waals surface area contributed by atoms with Crippen LogP contribution in [0.2, 0.25) is 0 Å². The van der Waals surface area contributed by atoms with Gasteiger partial charge in [-0.15, -0.1) is 0 Å². The van der Waals surface area contributed by atoms with Gasteiger partial charge in [-0.25, -0.2) is 9.59 Å². The van der Waals surface area contributed by atoms with Crippen molar-refractivity contribution in [3.8, 4) is 17.0 Å². The van der Waals surface area contributed by atoms with Gasteiger partial charge in [-0.05, 0) is 17.7 Å². The average Bonchev–Trinajstić information content (AvgIpc) is 2.41. The predicted octanol–water partition coefficient (Wildman–Crippen LogP) is 1.14. The van der Waals surface area contributed by atoms with Crippen molar-refractivity contribution in [1.29, 1.82) is 0 Å². The highest BCUT2D eigenvalue weighted by atomic mass is 16.4. The number of benzene rings is 1. The molecule has 0 spiro atoms. The fourth-order valence-corrected chi connectivity index (χ4v) is 1.68. The molecule has 4 N–H and O–H groups in total. The van der Waals surface area contributed by atoms with E-state index >= 15 is 0 Å². The Morgan fingerprint density at radius 2 is 1.75 bits per heavy atom. The highest BCUT2D eigenvalue weighted by molar-refractivity contribution is 5.90. The van der Waals surface area contributed by atoms with Gasteiger partial charge in [-0.1, -0.05) is 12.1 Å². The summed E-state index contributed by atoms with van der Waals surface area (Å²) in [6.45, 7) is 0. The highest BCUT2D eigenvalue weighted by Gasteiger charge is 2.16. The molecule has 0 fully saturated rings. The number of aromatic amines is 1. The van der Waals surface area contributed by atoms with Crippen LogP contribution in [-0.2, 0) is 0 Å². The maximum atomic E-state index is 11.5. The van der Waals surface area contributed by atoms with Gasteiger partial charge in [-0.2, -0.15) is 0 Å². The van der Waals surface area contributed by atoms with E-state index in [-0.39, 0.29) is 11.3 Å². The van der Waals surface area contributed by atoms with Gasteiger partial charge >= 0.3 is 11.9 Å². The molecule has 0 saturated carbocycles. The normalized spacial score (nSPS) is 10.2. The van der Waals surface area contributed by atoms with E-state index in [9.17, 15) is 19.5 Å². The minimum atomic E-state index is -1.49. The second kappa shape index (κ2) is 4.88. The summed E-state index contributed by atoms with van der Waals surface area (Å²) in [6, 6.07) is 6.63. The van der Waals surface area contributed by atoms with Gasteiger partial charge in [0, 0.05) is 6.07 Å². The first-order chi connectivity index (χ1) is 9.40. The van der Waals surface area contributed by atoms with E-state index in [0.717, 1.165) is 6.07 Å². The number of aromatic hydroxyl groups is 1. The average molecular weight is 275 g/mol. The summed E-state index contributed by atoms with van der Waals surface area (Å²) < 4.78 is 0. The molecule has 7 heteroatoms. The van der Waals surface area contributed by atoms with Crippen molar-refractivity contribution >= 4 is 11.9 Å². The van der Waals surface area contributed by atoms with Gasteiger partial charge in [0.15, 0.2) is 11.4 Å². The molecule has 20 heavy (non-hydrogen) atoms. The molecule has 0 saturated heterocycles. The minimum absolute atomic E-state index is 0.00620. The van der Waals surface area contributed by atoms with Crippen LogP contribution in [-0.4, -0.2) is 32.2 Å².